The number of hydrogen-bond donors (Lipinski definition) is 1. The fourth-order valence-corrected chi connectivity index (χ4v) is 6.86. The maximum absolute atomic E-state index is 6.01. The molecule has 1 heterocycles. The molecule has 0 bridgehead atoms. The zero-order valence-electron chi connectivity index (χ0n) is 11.8. The number of halogens is 1. The molecule has 114 valence electrons. The van der Waals surface area contributed by atoms with Crippen molar-refractivity contribution in [1.29, 1.82) is 0 Å². The quantitative estimate of drug-likeness (QED) is 0.609. The summed E-state index contributed by atoms with van der Waals surface area (Å²) in [5, 5.41) is 4.45. The Bertz CT molecular complexity index is 749. The van der Waals surface area contributed by atoms with E-state index in [1.807, 2.05) is 36.4 Å². The lowest BCUT2D eigenvalue weighted by Crippen LogP contribution is -2.23. The third kappa shape index (κ3) is 2.93. The van der Waals surface area contributed by atoms with Gasteiger partial charge in [0.15, 0.2) is 6.34 Å². The second kappa shape index (κ2) is 6.28. The average molecular weight is 413 g/mol. The van der Waals surface area contributed by atoms with Gasteiger partial charge in [-0.05, 0) is 60.3 Å². The maximum Gasteiger partial charge on any atom is 0.151 e. The first-order valence-electron chi connectivity index (χ1n) is 6.62. The predicted octanol–water partition coefficient (Wildman–Crippen LogP) is 3.83. The van der Waals surface area contributed by atoms with Crippen LogP contribution in [0.3, 0.4) is 0 Å². The Morgan fingerprint density at radius 2 is 1.77 bits per heavy atom. The van der Waals surface area contributed by atoms with Gasteiger partial charge in [-0.1, -0.05) is 28.1 Å². The molecule has 2 aromatic rings. The van der Waals surface area contributed by atoms with Crippen LogP contribution in [-0.2, 0) is 11.8 Å². The molecule has 1 aliphatic heterocycles. The van der Waals surface area contributed by atoms with Gasteiger partial charge in [0.1, 0.15) is 10.7 Å². The minimum Gasteiger partial charge on any atom is -0.497 e. The second-order valence-electron chi connectivity index (χ2n) is 4.84. The van der Waals surface area contributed by atoms with E-state index in [4.69, 9.17) is 28.8 Å². The molecule has 1 N–H and O–H groups in total. The summed E-state index contributed by atoms with van der Waals surface area (Å²) in [7, 11) is 1.66. The van der Waals surface area contributed by atoms with Crippen LogP contribution in [0.1, 0.15) is 0 Å². The Morgan fingerprint density at radius 3 is 2.36 bits per heavy atom. The summed E-state index contributed by atoms with van der Waals surface area (Å²) in [6.45, 7) is 0.653. The number of anilines is 1. The van der Waals surface area contributed by atoms with Crippen LogP contribution in [0.5, 0.6) is 5.75 Å². The Balaban J connectivity index is 2.03. The Hall–Kier alpha value is -0.940. The van der Waals surface area contributed by atoms with Crippen molar-refractivity contribution in [3.05, 3.63) is 53.0 Å². The van der Waals surface area contributed by atoms with E-state index >= 15 is 0 Å². The smallest absolute Gasteiger partial charge is 0.151 e. The highest BCUT2D eigenvalue weighted by Gasteiger charge is 2.35. The summed E-state index contributed by atoms with van der Waals surface area (Å²) < 4.78 is 8.48. The average Bonchev–Trinajstić information content (AvgIpc) is 2.84. The van der Waals surface area contributed by atoms with Gasteiger partial charge < -0.3 is 14.5 Å². The van der Waals surface area contributed by atoms with Gasteiger partial charge in [-0.3, -0.25) is 0 Å². The largest absolute Gasteiger partial charge is 0.497 e. The van der Waals surface area contributed by atoms with Crippen LogP contribution in [0, 0.1) is 0 Å². The van der Waals surface area contributed by atoms with Crippen molar-refractivity contribution in [1.82, 2.24) is 5.09 Å². The van der Waals surface area contributed by atoms with Crippen molar-refractivity contribution in [3.8, 4) is 5.75 Å². The molecule has 1 saturated heterocycles. The fraction of sp³-hybridized carbons (Fsp3) is 0.133. The number of nitrogens with zero attached hydrogens (tertiary/aromatic N) is 1. The standard InChI is InChI=1S/C15H14BrN2OPS2/c1-19-13-6-8-14(9-7-13)20(22)17-15(21)10-18(20)12-4-2-11(16)3-5-12/h2-9H,10H2,1H3,(H,17,21,22). The lowest BCUT2D eigenvalue weighted by atomic mass is 10.3. The number of thiocarbonyl (C=S) groups is 1. The summed E-state index contributed by atoms with van der Waals surface area (Å²) in [6.07, 6.45) is -2.15. The van der Waals surface area contributed by atoms with Crippen LogP contribution in [0.15, 0.2) is 53.0 Å². The molecule has 3 rings (SSSR count). The molecule has 1 fully saturated rings. The molecule has 1 atom stereocenters. The van der Waals surface area contributed by atoms with Crippen LogP contribution in [0.25, 0.3) is 0 Å². The molecule has 0 spiro atoms. The van der Waals surface area contributed by atoms with Gasteiger partial charge in [-0.15, -0.1) is 0 Å². The van der Waals surface area contributed by atoms with Crippen molar-refractivity contribution < 1.29 is 4.74 Å². The summed E-state index contributed by atoms with van der Waals surface area (Å²) in [6, 6.07) is 16.1. The van der Waals surface area contributed by atoms with E-state index in [-0.39, 0.29) is 0 Å². The molecule has 1 unspecified atom stereocenters. The number of benzene rings is 2. The van der Waals surface area contributed by atoms with Crippen LogP contribution < -0.4 is 19.8 Å². The maximum atomic E-state index is 6.01. The number of rotatable bonds is 3. The summed E-state index contributed by atoms with van der Waals surface area (Å²) in [4.78, 5) is 0.794. The zero-order chi connectivity index (χ0) is 15.7. The Kier molecular flexibility index (Phi) is 4.55. The van der Waals surface area contributed by atoms with Crippen molar-refractivity contribution in [2.75, 3.05) is 18.3 Å². The first kappa shape index (κ1) is 15.9. The van der Waals surface area contributed by atoms with E-state index in [2.05, 4.69) is 37.8 Å². The second-order valence-corrected chi connectivity index (χ2v) is 10.2. The molecular weight excluding hydrogens is 399 g/mol. The molecular formula is C15H14BrN2OPS2. The lowest BCUT2D eigenvalue weighted by molar-refractivity contribution is 0.415. The highest BCUT2D eigenvalue weighted by molar-refractivity contribution is 9.10. The summed E-state index contributed by atoms with van der Waals surface area (Å²) in [5.41, 5.74) is 1.08. The highest BCUT2D eigenvalue weighted by atomic mass is 79.9. The van der Waals surface area contributed by atoms with Crippen molar-refractivity contribution in [2.24, 2.45) is 0 Å². The van der Waals surface area contributed by atoms with E-state index in [1.54, 1.807) is 7.11 Å². The molecule has 0 aliphatic carbocycles. The van der Waals surface area contributed by atoms with E-state index < -0.39 is 6.34 Å². The zero-order valence-corrected chi connectivity index (χ0v) is 15.9. The number of hydrogen-bond acceptors (Lipinski definition) is 3. The topological polar surface area (TPSA) is 24.5 Å². The monoisotopic (exact) mass is 412 g/mol. The molecule has 0 aromatic heterocycles. The normalized spacial score (nSPS) is 20.8. The van der Waals surface area contributed by atoms with E-state index in [0.29, 0.717) is 6.54 Å². The minimum absolute atomic E-state index is 0.653. The van der Waals surface area contributed by atoms with E-state index in [1.165, 1.54) is 0 Å². The van der Waals surface area contributed by atoms with E-state index in [0.717, 1.165) is 26.2 Å². The van der Waals surface area contributed by atoms with Gasteiger partial charge in [0.25, 0.3) is 0 Å². The van der Waals surface area contributed by atoms with Crippen molar-refractivity contribution in [2.45, 2.75) is 0 Å². The van der Waals surface area contributed by atoms with Gasteiger partial charge >= 0.3 is 0 Å². The fourth-order valence-electron chi connectivity index (χ4n) is 2.36. The first-order valence-corrected chi connectivity index (χ1v) is 10.6. The van der Waals surface area contributed by atoms with Crippen LogP contribution >= 0.6 is 34.5 Å². The highest BCUT2D eigenvalue weighted by Crippen LogP contribution is 2.51. The molecule has 7 heteroatoms. The Morgan fingerprint density at radius 1 is 1.14 bits per heavy atom. The molecule has 1 aliphatic rings. The molecule has 3 nitrogen and oxygen atoms in total. The lowest BCUT2D eigenvalue weighted by Gasteiger charge is -2.29. The van der Waals surface area contributed by atoms with Crippen molar-refractivity contribution in [3.63, 3.8) is 0 Å². The van der Waals surface area contributed by atoms with Gasteiger partial charge in [0, 0.05) is 15.5 Å². The summed E-state index contributed by atoms with van der Waals surface area (Å²) >= 11 is 14.9. The third-order valence-corrected chi connectivity index (χ3v) is 8.49. The minimum atomic E-state index is -2.15. The van der Waals surface area contributed by atoms with Gasteiger partial charge in [0.2, 0.25) is 0 Å². The van der Waals surface area contributed by atoms with Crippen LogP contribution in [-0.4, -0.2) is 18.6 Å². The van der Waals surface area contributed by atoms with Gasteiger partial charge in [0.05, 0.1) is 13.7 Å². The molecule has 22 heavy (non-hydrogen) atoms. The van der Waals surface area contributed by atoms with Crippen LogP contribution in [0.2, 0.25) is 0 Å². The van der Waals surface area contributed by atoms with Crippen LogP contribution in [0.4, 0.5) is 5.69 Å². The van der Waals surface area contributed by atoms with Gasteiger partial charge in [-0.2, -0.15) is 0 Å². The molecule has 2 aromatic carbocycles. The Labute approximate surface area is 148 Å². The van der Waals surface area contributed by atoms with Gasteiger partial charge in [-0.25, -0.2) is 0 Å². The van der Waals surface area contributed by atoms with Crippen molar-refractivity contribution >= 4 is 62.3 Å². The molecule has 0 amide bonds. The first-order chi connectivity index (χ1) is 10.5. The number of ether oxygens (including phenoxy) is 1. The third-order valence-electron chi connectivity index (χ3n) is 3.46. The van der Waals surface area contributed by atoms with E-state index in [9.17, 15) is 0 Å². The SMILES string of the molecule is COc1ccc(P2(=S)NC(=S)CN2c2ccc(Br)cc2)cc1. The number of nitrogens with one attached hydrogen (secondary N) is 1. The predicted molar refractivity (Wildman–Crippen MR) is 104 cm³/mol. The molecule has 0 saturated carbocycles. The molecule has 0 radical (unpaired) electrons. The summed E-state index contributed by atoms with van der Waals surface area (Å²) in [5.74, 6) is 0.822. The number of methoxy groups -OCH3 is 1.